The molecule has 2 heterocycles. The highest BCUT2D eigenvalue weighted by Crippen LogP contribution is 2.38. The average Bonchev–Trinajstić information content (AvgIpc) is 3.45. The SMILES string of the molecule is COC1COc2c(S(N)(=O)=NC(=O)Nc3c4c(cc5c3CCC5)CCC4)cnn2C1. The number of aryl methyl sites for hydroxylation is 2. The van der Waals surface area contributed by atoms with Crippen LogP contribution in [0.3, 0.4) is 0 Å². The van der Waals surface area contributed by atoms with E-state index >= 15 is 0 Å². The zero-order chi connectivity index (χ0) is 20.9. The van der Waals surface area contributed by atoms with Crippen LogP contribution >= 0.6 is 0 Å². The van der Waals surface area contributed by atoms with E-state index in [9.17, 15) is 9.00 Å². The summed E-state index contributed by atoms with van der Waals surface area (Å²) in [4.78, 5) is 12.9. The second-order valence-corrected chi connectivity index (χ2v) is 9.75. The molecule has 3 N–H and O–H groups in total. The molecule has 9 nitrogen and oxygen atoms in total. The third-order valence-corrected chi connectivity index (χ3v) is 7.46. The van der Waals surface area contributed by atoms with Gasteiger partial charge in [0.2, 0.25) is 5.88 Å². The quantitative estimate of drug-likeness (QED) is 0.772. The number of hydrogen-bond donors (Lipinski definition) is 2. The second kappa shape index (κ2) is 7.36. The van der Waals surface area contributed by atoms with Crippen LogP contribution in [0.25, 0.3) is 0 Å². The molecule has 2 amide bonds. The van der Waals surface area contributed by atoms with Crippen LogP contribution in [0.4, 0.5) is 10.5 Å². The van der Waals surface area contributed by atoms with Gasteiger partial charge in [-0.25, -0.2) is 18.8 Å². The smallest absolute Gasteiger partial charge is 0.354 e. The molecule has 0 spiro atoms. The van der Waals surface area contributed by atoms with E-state index in [1.54, 1.807) is 7.11 Å². The highest BCUT2D eigenvalue weighted by molar-refractivity contribution is 7.91. The maximum atomic E-state index is 13.1. The summed E-state index contributed by atoms with van der Waals surface area (Å²) in [6.45, 7) is 0.745. The Kier molecular flexibility index (Phi) is 4.79. The standard InChI is InChI=1S/C20H25N5O4S/c1-28-14-10-25-19(29-11-14)17(9-22-25)30(21,27)24-20(26)23-18-15-6-2-4-12(15)8-13-5-3-7-16(13)18/h8-9,14H,2-7,10-11H2,1H3,(H3,21,23,24,26,27). The molecule has 0 fully saturated rings. The first-order chi connectivity index (χ1) is 14.5. The molecule has 1 aromatic carbocycles. The number of urea groups is 1. The number of nitrogens with zero attached hydrogens (tertiary/aromatic N) is 3. The van der Waals surface area contributed by atoms with E-state index < -0.39 is 15.9 Å². The highest BCUT2D eigenvalue weighted by atomic mass is 32.2. The van der Waals surface area contributed by atoms with Crippen molar-refractivity contribution in [3.63, 3.8) is 0 Å². The fourth-order valence-electron chi connectivity index (χ4n) is 4.66. The number of fused-ring (bicyclic) bond motifs is 3. The number of benzene rings is 1. The van der Waals surface area contributed by atoms with Crippen LogP contribution in [0.15, 0.2) is 21.5 Å². The van der Waals surface area contributed by atoms with Crippen LogP contribution in [-0.2, 0) is 46.9 Å². The number of nitrogens with two attached hydrogens (primary N) is 1. The molecule has 30 heavy (non-hydrogen) atoms. The maximum absolute atomic E-state index is 13.1. The summed E-state index contributed by atoms with van der Waals surface area (Å²) in [5.74, 6) is 0.272. The van der Waals surface area contributed by atoms with E-state index in [1.165, 1.54) is 33.1 Å². The third-order valence-electron chi connectivity index (χ3n) is 6.11. The van der Waals surface area contributed by atoms with Crippen molar-refractivity contribution in [2.24, 2.45) is 9.50 Å². The average molecular weight is 432 g/mol. The zero-order valence-corrected chi connectivity index (χ0v) is 17.7. The molecule has 0 saturated carbocycles. The van der Waals surface area contributed by atoms with E-state index in [0.29, 0.717) is 13.2 Å². The molecular weight excluding hydrogens is 406 g/mol. The number of hydrogen-bond acceptors (Lipinski definition) is 5. The summed E-state index contributed by atoms with van der Waals surface area (Å²) in [5.41, 5.74) is 5.80. The molecule has 160 valence electrons. The van der Waals surface area contributed by atoms with Gasteiger partial charge in [-0.3, -0.25) is 0 Å². The largest absolute Gasteiger partial charge is 0.474 e. The summed E-state index contributed by atoms with van der Waals surface area (Å²) in [7, 11) is -1.93. The molecule has 2 unspecified atom stereocenters. The van der Waals surface area contributed by atoms with E-state index in [-0.39, 0.29) is 16.9 Å². The molecule has 1 aromatic heterocycles. The van der Waals surface area contributed by atoms with Gasteiger partial charge >= 0.3 is 6.03 Å². The first-order valence-corrected chi connectivity index (χ1v) is 11.8. The van der Waals surface area contributed by atoms with Crippen LogP contribution in [0.1, 0.15) is 35.1 Å². The van der Waals surface area contributed by atoms with Crippen LogP contribution in [0.2, 0.25) is 0 Å². The lowest BCUT2D eigenvalue weighted by atomic mass is 9.99. The highest BCUT2D eigenvalue weighted by Gasteiger charge is 2.29. The first-order valence-electron chi connectivity index (χ1n) is 10.2. The van der Waals surface area contributed by atoms with Gasteiger partial charge in [0.1, 0.15) is 17.6 Å². The van der Waals surface area contributed by atoms with Crippen LogP contribution < -0.4 is 15.2 Å². The maximum Gasteiger partial charge on any atom is 0.354 e. The van der Waals surface area contributed by atoms with Crippen molar-refractivity contribution in [3.05, 3.63) is 34.5 Å². The molecule has 0 radical (unpaired) electrons. The number of methoxy groups -OCH3 is 1. The lowest BCUT2D eigenvalue weighted by Crippen LogP contribution is -2.32. The van der Waals surface area contributed by atoms with Gasteiger partial charge in [0.15, 0.2) is 9.92 Å². The summed E-state index contributed by atoms with van der Waals surface area (Å²) in [5, 5.41) is 13.1. The van der Waals surface area contributed by atoms with Crippen molar-refractivity contribution in [2.75, 3.05) is 19.0 Å². The van der Waals surface area contributed by atoms with Crippen molar-refractivity contribution in [3.8, 4) is 5.88 Å². The van der Waals surface area contributed by atoms with E-state index in [2.05, 4.69) is 20.8 Å². The Morgan fingerprint density at radius 1 is 1.30 bits per heavy atom. The van der Waals surface area contributed by atoms with Crippen molar-refractivity contribution < 1.29 is 18.5 Å². The molecule has 5 rings (SSSR count). The number of carbonyl (C=O) groups excluding carboxylic acids is 1. The predicted octanol–water partition coefficient (Wildman–Crippen LogP) is 2.20. The summed E-state index contributed by atoms with van der Waals surface area (Å²) in [6.07, 6.45) is 7.27. The molecule has 0 saturated heterocycles. The lowest BCUT2D eigenvalue weighted by molar-refractivity contribution is 0.0165. The van der Waals surface area contributed by atoms with Gasteiger partial charge in [-0.15, -0.1) is 4.36 Å². The molecule has 2 atom stereocenters. The summed E-state index contributed by atoms with van der Waals surface area (Å²) in [6, 6.07) is 1.58. The van der Waals surface area contributed by atoms with E-state index in [1.807, 2.05) is 0 Å². The van der Waals surface area contributed by atoms with Crippen LogP contribution in [0, 0.1) is 0 Å². The van der Waals surface area contributed by atoms with Gasteiger partial charge in [-0.1, -0.05) is 6.07 Å². The fourth-order valence-corrected chi connectivity index (χ4v) is 5.67. The van der Waals surface area contributed by atoms with Crippen LogP contribution in [0.5, 0.6) is 5.88 Å². The van der Waals surface area contributed by atoms with Crippen LogP contribution in [-0.4, -0.2) is 39.8 Å². The summed E-state index contributed by atoms with van der Waals surface area (Å²) < 4.78 is 29.4. The van der Waals surface area contributed by atoms with Gasteiger partial charge in [0, 0.05) is 12.8 Å². The first kappa shape index (κ1) is 19.5. The number of carbonyl (C=O) groups is 1. The molecule has 3 aliphatic rings. The van der Waals surface area contributed by atoms with Crippen molar-refractivity contribution in [1.82, 2.24) is 9.78 Å². The Balaban J connectivity index is 1.45. The topological polar surface area (TPSA) is 121 Å². The van der Waals surface area contributed by atoms with Crippen molar-refractivity contribution >= 4 is 21.6 Å². The van der Waals surface area contributed by atoms with Gasteiger partial charge in [0.05, 0.1) is 12.7 Å². The van der Waals surface area contributed by atoms with Gasteiger partial charge < -0.3 is 14.8 Å². The van der Waals surface area contributed by atoms with Crippen molar-refractivity contribution in [1.29, 1.82) is 0 Å². The number of rotatable bonds is 3. The Morgan fingerprint density at radius 3 is 2.67 bits per heavy atom. The Morgan fingerprint density at radius 2 is 2.00 bits per heavy atom. The minimum atomic E-state index is -3.52. The molecule has 2 aliphatic carbocycles. The Bertz CT molecular complexity index is 1120. The number of anilines is 1. The number of nitrogens with one attached hydrogen (secondary N) is 1. The summed E-state index contributed by atoms with van der Waals surface area (Å²) >= 11 is 0. The zero-order valence-electron chi connectivity index (χ0n) is 16.8. The third kappa shape index (κ3) is 3.28. The molecule has 10 heteroatoms. The van der Waals surface area contributed by atoms with E-state index in [0.717, 1.165) is 44.2 Å². The molecule has 2 aromatic rings. The molecular formula is C20H25N5O4S. The van der Waals surface area contributed by atoms with Gasteiger partial charge in [-0.2, -0.15) is 5.10 Å². The van der Waals surface area contributed by atoms with Gasteiger partial charge in [-0.05, 0) is 60.8 Å². The van der Waals surface area contributed by atoms with E-state index in [4.69, 9.17) is 14.6 Å². The second-order valence-electron chi connectivity index (χ2n) is 7.99. The monoisotopic (exact) mass is 431 g/mol. The number of amides is 2. The predicted molar refractivity (Wildman–Crippen MR) is 111 cm³/mol. The minimum absolute atomic E-state index is 0.121. The Labute approximate surface area is 175 Å². The number of aromatic nitrogens is 2. The number of ether oxygens (including phenoxy) is 2. The normalized spacial score (nSPS) is 21.2. The minimum Gasteiger partial charge on any atom is -0.474 e. The Hall–Kier alpha value is -2.43. The van der Waals surface area contributed by atoms with Crippen molar-refractivity contribution in [2.45, 2.75) is 56.1 Å². The van der Waals surface area contributed by atoms with Gasteiger partial charge in [0.25, 0.3) is 0 Å². The molecule has 1 aliphatic heterocycles. The fraction of sp³-hybridized carbons (Fsp3) is 0.500. The lowest BCUT2D eigenvalue weighted by Gasteiger charge is -2.23. The molecule has 0 bridgehead atoms.